The zero-order valence-electron chi connectivity index (χ0n) is 13.9. The van der Waals surface area contributed by atoms with Crippen LogP contribution in [0.15, 0.2) is 48.5 Å². The molecule has 6 heteroatoms. The van der Waals surface area contributed by atoms with E-state index in [2.05, 4.69) is 0 Å². The maximum Gasteiger partial charge on any atom is 0.416 e. The minimum atomic E-state index is -4.42. The van der Waals surface area contributed by atoms with Gasteiger partial charge in [-0.1, -0.05) is 30.3 Å². The van der Waals surface area contributed by atoms with Crippen molar-refractivity contribution >= 4 is 11.8 Å². The Morgan fingerprint density at radius 3 is 2.35 bits per heavy atom. The molecule has 2 aromatic carbocycles. The highest BCUT2D eigenvalue weighted by Gasteiger charge is 2.30. The van der Waals surface area contributed by atoms with Crippen molar-refractivity contribution in [2.45, 2.75) is 38.0 Å². The normalized spacial score (nSPS) is 17.8. The standard InChI is InChI=1S/C20H17F3O3/c21-20(22,23)14-11-9-13(10-12-14)15-5-1-2-6-16(15)19(25)26-18-8-4-3-7-17(18)24/h1-2,5-6,9-12,18H,3-4,7-8H2. The van der Waals surface area contributed by atoms with Gasteiger partial charge in [0.15, 0.2) is 11.9 Å². The van der Waals surface area contributed by atoms with Crippen molar-refractivity contribution < 1.29 is 27.5 Å². The van der Waals surface area contributed by atoms with Gasteiger partial charge in [-0.15, -0.1) is 0 Å². The van der Waals surface area contributed by atoms with Gasteiger partial charge >= 0.3 is 12.1 Å². The van der Waals surface area contributed by atoms with E-state index in [0.717, 1.165) is 25.0 Å². The number of Topliss-reactive ketones (excluding diaryl/α,β-unsaturated/α-hetero) is 1. The molecule has 1 unspecified atom stereocenters. The molecule has 1 aliphatic rings. The Bertz CT molecular complexity index is 810. The number of carbonyl (C=O) groups is 2. The van der Waals surface area contributed by atoms with Gasteiger partial charge in [-0.2, -0.15) is 13.2 Å². The van der Waals surface area contributed by atoms with E-state index >= 15 is 0 Å². The fourth-order valence-corrected chi connectivity index (χ4v) is 3.02. The lowest BCUT2D eigenvalue weighted by Gasteiger charge is -2.21. The zero-order chi connectivity index (χ0) is 18.7. The van der Waals surface area contributed by atoms with Gasteiger partial charge in [0.1, 0.15) is 0 Å². The third kappa shape index (κ3) is 3.95. The first-order valence-electron chi connectivity index (χ1n) is 8.36. The molecule has 0 saturated heterocycles. The second kappa shape index (κ2) is 7.32. The minimum Gasteiger partial charge on any atom is -0.451 e. The largest absolute Gasteiger partial charge is 0.451 e. The molecule has 0 spiro atoms. The van der Waals surface area contributed by atoms with Gasteiger partial charge < -0.3 is 4.74 Å². The van der Waals surface area contributed by atoms with E-state index in [9.17, 15) is 22.8 Å². The van der Waals surface area contributed by atoms with E-state index in [-0.39, 0.29) is 11.3 Å². The van der Waals surface area contributed by atoms with E-state index in [4.69, 9.17) is 4.74 Å². The second-order valence-corrected chi connectivity index (χ2v) is 6.23. The third-order valence-corrected chi connectivity index (χ3v) is 4.42. The molecule has 0 radical (unpaired) electrons. The van der Waals surface area contributed by atoms with Crippen molar-refractivity contribution in [2.75, 3.05) is 0 Å². The average molecular weight is 362 g/mol. The summed E-state index contributed by atoms with van der Waals surface area (Å²) in [6.45, 7) is 0. The van der Waals surface area contributed by atoms with E-state index < -0.39 is 23.8 Å². The topological polar surface area (TPSA) is 43.4 Å². The summed E-state index contributed by atoms with van der Waals surface area (Å²) in [6.07, 6.45) is -2.62. The predicted octanol–water partition coefficient (Wildman–Crippen LogP) is 5.04. The summed E-state index contributed by atoms with van der Waals surface area (Å²) in [5.74, 6) is -0.725. The summed E-state index contributed by atoms with van der Waals surface area (Å²) in [6, 6.07) is 11.1. The van der Waals surface area contributed by atoms with Crippen LogP contribution in [-0.2, 0) is 15.7 Å². The maximum atomic E-state index is 12.7. The van der Waals surface area contributed by atoms with Gasteiger partial charge in [0.25, 0.3) is 0 Å². The van der Waals surface area contributed by atoms with Crippen LogP contribution in [0.5, 0.6) is 0 Å². The molecule has 1 saturated carbocycles. The van der Waals surface area contributed by atoms with Gasteiger partial charge in [-0.05, 0) is 48.6 Å². The third-order valence-electron chi connectivity index (χ3n) is 4.42. The van der Waals surface area contributed by atoms with Crippen LogP contribution < -0.4 is 0 Å². The number of ether oxygens (including phenoxy) is 1. The number of benzene rings is 2. The molecule has 0 N–H and O–H groups in total. The summed E-state index contributed by atoms with van der Waals surface area (Å²) in [5, 5.41) is 0. The summed E-state index contributed by atoms with van der Waals surface area (Å²) in [5.41, 5.74) is 0.412. The van der Waals surface area contributed by atoms with Crippen LogP contribution in [0, 0.1) is 0 Å². The summed E-state index contributed by atoms with van der Waals surface area (Å²) in [7, 11) is 0. The highest BCUT2D eigenvalue weighted by atomic mass is 19.4. The van der Waals surface area contributed by atoms with Crippen LogP contribution in [0.1, 0.15) is 41.6 Å². The van der Waals surface area contributed by atoms with Gasteiger partial charge in [0.05, 0.1) is 11.1 Å². The van der Waals surface area contributed by atoms with Crippen LogP contribution in [0.25, 0.3) is 11.1 Å². The molecule has 0 aromatic heterocycles. The Morgan fingerprint density at radius 1 is 1.00 bits per heavy atom. The Balaban J connectivity index is 1.86. The van der Waals surface area contributed by atoms with Crippen LogP contribution in [0.3, 0.4) is 0 Å². The molecule has 1 atom stereocenters. The minimum absolute atomic E-state index is 0.0865. The van der Waals surface area contributed by atoms with Crippen LogP contribution in [0.2, 0.25) is 0 Å². The number of ketones is 1. The van der Waals surface area contributed by atoms with Crippen molar-refractivity contribution in [3.8, 4) is 11.1 Å². The lowest BCUT2D eigenvalue weighted by Crippen LogP contribution is -2.30. The Morgan fingerprint density at radius 2 is 1.69 bits per heavy atom. The number of carbonyl (C=O) groups excluding carboxylic acids is 2. The number of esters is 1. The molecular formula is C20H17F3O3. The number of hydrogen-bond acceptors (Lipinski definition) is 3. The first-order chi connectivity index (χ1) is 12.4. The number of rotatable bonds is 3. The van der Waals surface area contributed by atoms with E-state index in [1.54, 1.807) is 24.3 Å². The van der Waals surface area contributed by atoms with Crippen molar-refractivity contribution in [1.29, 1.82) is 0 Å². The fourth-order valence-electron chi connectivity index (χ4n) is 3.02. The lowest BCUT2D eigenvalue weighted by molar-refractivity contribution is -0.137. The molecular weight excluding hydrogens is 345 g/mol. The molecule has 0 bridgehead atoms. The van der Waals surface area contributed by atoms with Gasteiger partial charge in [-0.3, -0.25) is 4.79 Å². The molecule has 136 valence electrons. The SMILES string of the molecule is O=C(OC1CCCCC1=O)c1ccccc1-c1ccc(C(F)(F)F)cc1. The molecule has 3 nitrogen and oxygen atoms in total. The number of alkyl halides is 3. The van der Waals surface area contributed by atoms with Crippen molar-refractivity contribution in [2.24, 2.45) is 0 Å². The first kappa shape index (κ1) is 18.2. The highest BCUT2D eigenvalue weighted by molar-refractivity contribution is 5.99. The molecule has 3 rings (SSSR count). The monoisotopic (exact) mass is 362 g/mol. The van der Waals surface area contributed by atoms with Crippen molar-refractivity contribution in [3.63, 3.8) is 0 Å². The van der Waals surface area contributed by atoms with Gasteiger partial charge in [0, 0.05) is 6.42 Å². The highest BCUT2D eigenvalue weighted by Crippen LogP contribution is 2.32. The summed E-state index contributed by atoms with van der Waals surface area (Å²) < 4.78 is 43.5. The Kier molecular flexibility index (Phi) is 5.11. The molecule has 1 fully saturated rings. The molecule has 0 aliphatic heterocycles. The first-order valence-corrected chi connectivity index (χ1v) is 8.36. The maximum absolute atomic E-state index is 12.7. The van der Waals surface area contributed by atoms with Crippen molar-refractivity contribution in [1.82, 2.24) is 0 Å². The molecule has 2 aromatic rings. The van der Waals surface area contributed by atoms with E-state index in [1.165, 1.54) is 12.1 Å². The lowest BCUT2D eigenvalue weighted by atomic mass is 9.96. The Labute approximate surface area is 148 Å². The Hall–Kier alpha value is -2.63. The zero-order valence-corrected chi connectivity index (χ0v) is 13.9. The smallest absolute Gasteiger partial charge is 0.416 e. The van der Waals surface area contributed by atoms with Crippen molar-refractivity contribution in [3.05, 3.63) is 59.7 Å². The second-order valence-electron chi connectivity index (χ2n) is 6.23. The van der Waals surface area contributed by atoms with Gasteiger partial charge in [0.2, 0.25) is 0 Å². The molecule has 26 heavy (non-hydrogen) atoms. The van der Waals surface area contributed by atoms with Gasteiger partial charge in [-0.25, -0.2) is 4.79 Å². The molecule has 0 heterocycles. The fraction of sp³-hybridized carbons (Fsp3) is 0.300. The summed E-state index contributed by atoms with van der Waals surface area (Å²) >= 11 is 0. The van der Waals surface area contributed by atoms with E-state index in [0.29, 0.717) is 24.0 Å². The molecule has 0 amide bonds. The average Bonchev–Trinajstić information content (AvgIpc) is 2.63. The van der Waals surface area contributed by atoms with Crippen LogP contribution >= 0.6 is 0 Å². The van der Waals surface area contributed by atoms with Crippen LogP contribution in [-0.4, -0.2) is 17.9 Å². The quantitative estimate of drug-likeness (QED) is 0.719. The number of hydrogen-bond donors (Lipinski definition) is 0. The predicted molar refractivity (Wildman–Crippen MR) is 89.6 cm³/mol. The summed E-state index contributed by atoms with van der Waals surface area (Å²) in [4.78, 5) is 24.4. The van der Waals surface area contributed by atoms with Crippen LogP contribution in [0.4, 0.5) is 13.2 Å². The van der Waals surface area contributed by atoms with E-state index in [1.807, 2.05) is 0 Å². The number of halogens is 3. The molecule has 1 aliphatic carbocycles.